The van der Waals surface area contributed by atoms with Gasteiger partial charge in [-0.15, -0.1) is 0 Å². The fraction of sp³-hybridized carbons (Fsp3) is 0.308. The lowest BCUT2D eigenvalue weighted by Gasteiger charge is -2.24. The molecule has 160 valence electrons. The number of hydrogen-bond acceptors (Lipinski definition) is 4. The van der Waals surface area contributed by atoms with Gasteiger partial charge in [0.05, 0.1) is 5.69 Å². The Morgan fingerprint density at radius 2 is 1.97 bits per heavy atom. The second-order valence-corrected chi connectivity index (χ2v) is 8.02. The van der Waals surface area contributed by atoms with E-state index in [-0.39, 0.29) is 0 Å². The molecule has 0 radical (unpaired) electrons. The van der Waals surface area contributed by atoms with Crippen molar-refractivity contribution in [3.05, 3.63) is 89.3 Å². The summed E-state index contributed by atoms with van der Waals surface area (Å²) in [5.41, 5.74) is 4.49. The molecule has 5 nitrogen and oxygen atoms in total. The number of likely N-dealkylation sites (tertiary alicyclic amines) is 1. The molecular weight excluding hydrogens is 388 g/mol. The molecule has 0 bridgehead atoms. The third-order valence-corrected chi connectivity index (χ3v) is 5.89. The fourth-order valence-corrected chi connectivity index (χ4v) is 4.26. The number of aromatic nitrogens is 1. The van der Waals surface area contributed by atoms with Crippen molar-refractivity contribution in [3.8, 4) is 11.5 Å². The number of rotatable bonds is 8. The molecule has 1 N–H and O–H groups in total. The molecule has 1 aliphatic heterocycles. The first-order valence-corrected chi connectivity index (χ1v) is 10.8. The van der Waals surface area contributed by atoms with Gasteiger partial charge in [0.2, 0.25) is 5.89 Å². The van der Waals surface area contributed by atoms with E-state index >= 15 is 0 Å². The summed E-state index contributed by atoms with van der Waals surface area (Å²) in [6.07, 6.45) is 6.74. The van der Waals surface area contributed by atoms with Gasteiger partial charge in [0.25, 0.3) is 0 Å². The number of carboxylic acids is 1. The van der Waals surface area contributed by atoms with Crippen molar-refractivity contribution >= 4 is 5.97 Å². The van der Waals surface area contributed by atoms with Gasteiger partial charge in [-0.25, -0.2) is 9.78 Å². The standard InChI is InChI=1S/C26H28N2O3/c1-19-23(27-26(31-19)22-8-3-2-4-9-22)16-18-28-17-6-10-24(28)21-14-12-20(13-15-21)7-5-11-25(29)30/h2-5,8-9,11-15,24H,6-7,10,16-18H2,1H3,(H,29,30)/b11-5+/t24-/m0/s1. The molecule has 0 saturated carbocycles. The Labute approximate surface area is 183 Å². The van der Waals surface area contributed by atoms with E-state index in [0.29, 0.717) is 18.4 Å². The Balaban J connectivity index is 1.38. The number of carbonyl (C=O) groups is 1. The van der Waals surface area contributed by atoms with Crippen LogP contribution in [0.5, 0.6) is 0 Å². The van der Waals surface area contributed by atoms with Crippen LogP contribution in [0.25, 0.3) is 11.5 Å². The summed E-state index contributed by atoms with van der Waals surface area (Å²) < 4.78 is 5.92. The maximum absolute atomic E-state index is 10.6. The van der Waals surface area contributed by atoms with Gasteiger partial charge in [-0.1, -0.05) is 48.5 Å². The van der Waals surface area contributed by atoms with Crippen molar-refractivity contribution in [2.24, 2.45) is 0 Å². The topological polar surface area (TPSA) is 66.6 Å². The zero-order valence-electron chi connectivity index (χ0n) is 17.8. The Kier molecular flexibility index (Phi) is 6.63. The van der Waals surface area contributed by atoms with Gasteiger partial charge in [0, 0.05) is 30.6 Å². The SMILES string of the molecule is Cc1oc(-c2ccccc2)nc1CCN1CCC[C@H]1c1ccc(C/C=C/C(=O)O)cc1. The lowest BCUT2D eigenvalue weighted by molar-refractivity contribution is -0.131. The summed E-state index contributed by atoms with van der Waals surface area (Å²) in [6, 6.07) is 19.0. The van der Waals surface area contributed by atoms with E-state index in [0.717, 1.165) is 48.5 Å². The summed E-state index contributed by atoms with van der Waals surface area (Å²) in [4.78, 5) is 17.9. The van der Waals surface area contributed by atoms with Crippen molar-refractivity contribution < 1.29 is 14.3 Å². The maximum Gasteiger partial charge on any atom is 0.327 e. The first kappa shape index (κ1) is 21.1. The van der Waals surface area contributed by atoms with Crippen molar-refractivity contribution in [1.82, 2.24) is 9.88 Å². The van der Waals surface area contributed by atoms with Crippen LogP contribution in [0.2, 0.25) is 0 Å². The number of aliphatic carboxylic acids is 1. The summed E-state index contributed by atoms with van der Waals surface area (Å²) in [5.74, 6) is 0.684. The van der Waals surface area contributed by atoms with Gasteiger partial charge in [0.1, 0.15) is 5.76 Å². The number of benzene rings is 2. The second-order valence-electron chi connectivity index (χ2n) is 8.02. The lowest BCUT2D eigenvalue weighted by Crippen LogP contribution is -2.26. The van der Waals surface area contributed by atoms with Gasteiger partial charge < -0.3 is 9.52 Å². The van der Waals surface area contributed by atoms with Crippen LogP contribution < -0.4 is 0 Å². The van der Waals surface area contributed by atoms with Gasteiger partial charge in [-0.3, -0.25) is 4.90 Å². The Hall–Kier alpha value is -3.18. The van der Waals surface area contributed by atoms with Crippen LogP contribution in [-0.2, 0) is 17.6 Å². The van der Waals surface area contributed by atoms with E-state index in [1.807, 2.05) is 37.3 Å². The third kappa shape index (κ3) is 5.30. The van der Waals surface area contributed by atoms with Gasteiger partial charge in [-0.05, 0) is 56.0 Å². The molecule has 31 heavy (non-hydrogen) atoms. The van der Waals surface area contributed by atoms with E-state index in [1.165, 1.54) is 18.1 Å². The first-order chi connectivity index (χ1) is 15.1. The third-order valence-electron chi connectivity index (χ3n) is 5.89. The average Bonchev–Trinajstić information content (AvgIpc) is 3.39. The predicted octanol–water partition coefficient (Wildman–Crippen LogP) is 5.21. The van der Waals surface area contributed by atoms with E-state index in [4.69, 9.17) is 14.5 Å². The minimum absolute atomic E-state index is 0.421. The number of oxazole rings is 1. The number of carboxylic acid groups (broad SMARTS) is 1. The highest BCUT2D eigenvalue weighted by Crippen LogP contribution is 2.32. The molecule has 0 spiro atoms. The predicted molar refractivity (Wildman–Crippen MR) is 121 cm³/mol. The van der Waals surface area contributed by atoms with Crippen LogP contribution in [0.4, 0.5) is 0 Å². The van der Waals surface area contributed by atoms with Crippen LogP contribution in [0, 0.1) is 6.92 Å². The van der Waals surface area contributed by atoms with Gasteiger partial charge >= 0.3 is 5.97 Å². The molecule has 0 amide bonds. The van der Waals surface area contributed by atoms with Crippen LogP contribution in [-0.4, -0.2) is 34.0 Å². The number of nitrogens with zero attached hydrogens (tertiary/aromatic N) is 2. The van der Waals surface area contributed by atoms with Crippen LogP contribution in [0.3, 0.4) is 0 Å². The van der Waals surface area contributed by atoms with Crippen molar-refractivity contribution in [2.45, 2.75) is 38.6 Å². The highest BCUT2D eigenvalue weighted by atomic mass is 16.4. The summed E-state index contributed by atoms with van der Waals surface area (Å²) in [7, 11) is 0. The van der Waals surface area contributed by atoms with Crippen LogP contribution in [0.15, 0.2) is 71.2 Å². The monoisotopic (exact) mass is 416 g/mol. The fourth-order valence-electron chi connectivity index (χ4n) is 4.26. The normalized spacial score (nSPS) is 16.9. The highest BCUT2D eigenvalue weighted by Gasteiger charge is 2.26. The molecule has 2 aromatic carbocycles. The molecule has 4 rings (SSSR count). The molecular formula is C26H28N2O3. The molecule has 1 aromatic heterocycles. The number of hydrogen-bond donors (Lipinski definition) is 1. The zero-order valence-corrected chi connectivity index (χ0v) is 17.8. The maximum atomic E-state index is 10.6. The van der Waals surface area contributed by atoms with Crippen molar-refractivity contribution in [2.75, 3.05) is 13.1 Å². The van der Waals surface area contributed by atoms with E-state index in [1.54, 1.807) is 6.08 Å². The quantitative estimate of drug-likeness (QED) is 0.511. The van der Waals surface area contributed by atoms with Crippen LogP contribution in [0.1, 0.15) is 41.5 Å². The average molecular weight is 417 g/mol. The molecule has 0 aliphatic carbocycles. The molecule has 1 fully saturated rings. The Morgan fingerprint density at radius 1 is 1.19 bits per heavy atom. The summed E-state index contributed by atoms with van der Waals surface area (Å²) in [6.45, 7) is 4.04. The second kappa shape index (κ2) is 9.75. The lowest BCUT2D eigenvalue weighted by atomic mass is 10.0. The summed E-state index contributed by atoms with van der Waals surface area (Å²) in [5, 5.41) is 8.71. The smallest absolute Gasteiger partial charge is 0.327 e. The molecule has 2 heterocycles. The van der Waals surface area contributed by atoms with Crippen LogP contribution >= 0.6 is 0 Å². The van der Waals surface area contributed by atoms with Gasteiger partial charge in [0.15, 0.2) is 0 Å². The van der Waals surface area contributed by atoms with E-state index < -0.39 is 5.97 Å². The molecule has 5 heteroatoms. The minimum atomic E-state index is -0.906. The highest BCUT2D eigenvalue weighted by molar-refractivity contribution is 5.79. The molecule has 0 unspecified atom stereocenters. The zero-order chi connectivity index (χ0) is 21.6. The molecule has 1 saturated heterocycles. The van der Waals surface area contributed by atoms with Crippen molar-refractivity contribution in [1.29, 1.82) is 0 Å². The van der Waals surface area contributed by atoms with E-state index in [9.17, 15) is 4.79 Å². The Bertz CT molecular complexity index is 1040. The van der Waals surface area contributed by atoms with E-state index in [2.05, 4.69) is 29.2 Å². The number of aryl methyl sites for hydroxylation is 1. The van der Waals surface area contributed by atoms with Gasteiger partial charge in [-0.2, -0.15) is 0 Å². The summed E-state index contributed by atoms with van der Waals surface area (Å²) >= 11 is 0. The first-order valence-electron chi connectivity index (χ1n) is 10.8. The largest absolute Gasteiger partial charge is 0.478 e. The van der Waals surface area contributed by atoms with Crippen molar-refractivity contribution in [3.63, 3.8) is 0 Å². The minimum Gasteiger partial charge on any atom is -0.478 e. The molecule has 1 aliphatic rings. The molecule has 1 atom stereocenters. The number of allylic oxidation sites excluding steroid dienone is 1. The Morgan fingerprint density at radius 3 is 2.71 bits per heavy atom. The molecule has 3 aromatic rings.